The fourth-order valence-electron chi connectivity index (χ4n) is 1.94. The van der Waals surface area contributed by atoms with Crippen LogP contribution in [0.4, 0.5) is 5.82 Å². The van der Waals surface area contributed by atoms with Gasteiger partial charge in [0.15, 0.2) is 0 Å². The molecule has 0 unspecified atom stereocenters. The smallest absolute Gasteiger partial charge is 0.220 e. The summed E-state index contributed by atoms with van der Waals surface area (Å²) < 4.78 is 5.20. The molecule has 0 atom stereocenters. The van der Waals surface area contributed by atoms with Crippen molar-refractivity contribution in [1.29, 1.82) is 0 Å². The maximum Gasteiger partial charge on any atom is 0.220 e. The number of hydrogen-bond donors (Lipinski definition) is 1. The van der Waals surface area contributed by atoms with Crippen LogP contribution in [-0.2, 0) is 17.8 Å². The Morgan fingerprint density at radius 3 is 2.90 bits per heavy atom. The number of nitrogens with zero attached hydrogens (tertiary/aromatic N) is 2. The Kier molecular flexibility index (Phi) is 4.76. The lowest BCUT2D eigenvalue weighted by Crippen LogP contribution is -2.24. The first kappa shape index (κ1) is 14.1. The molecule has 0 spiro atoms. The van der Waals surface area contributed by atoms with Crippen molar-refractivity contribution >= 4 is 11.7 Å². The number of carbonyl (C=O) groups is 1. The zero-order chi connectivity index (χ0) is 14.4. The molecule has 0 saturated carbocycles. The largest absolute Gasteiger partial charge is 0.469 e. The summed E-state index contributed by atoms with van der Waals surface area (Å²) in [5, 5.41) is 2.91. The Labute approximate surface area is 118 Å². The molecule has 0 aliphatic rings. The maximum atomic E-state index is 11.8. The zero-order valence-electron chi connectivity index (χ0n) is 11.8. The van der Waals surface area contributed by atoms with Gasteiger partial charge in [-0.2, -0.15) is 0 Å². The molecule has 2 aromatic heterocycles. The molecule has 5 nitrogen and oxygen atoms in total. The minimum absolute atomic E-state index is 0.00922. The van der Waals surface area contributed by atoms with E-state index in [9.17, 15) is 4.79 Å². The topological polar surface area (TPSA) is 58.4 Å². The monoisotopic (exact) mass is 273 g/mol. The average molecular weight is 273 g/mol. The van der Waals surface area contributed by atoms with Gasteiger partial charge in [-0.3, -0.25) is 4.79 Å². The Morgan fingerprint density at radius 2 is 2.20 bits per heavy atom. The number of aromatic nitrogens is 1. The second-order valence-electron chi connectivity index (χ2n) is 4.74. The summed E-state index contributed by atoms with van der Waals surface area (Å²) in [4.78, 5) is 18.0. The van der Waals surface area contributed by atoms with Crippen molar-refractivity contribution in [1.82, 2.24) is 10.3 Å². The minimum Gasteiger partial charge on any atom is -0.469 e. The Morgan fingerprint density at radius 1 is 1.35 bits per heavy atom. The van der Waals surface area contributed by atoms with Gasteiger partial charge in [-0.1, -0.05) is 6.07 Å². The number of furan rings is 1. The van der Waals surface area contributed by atoms with Crippen LogP contribution in [-0.4, -0.2) is 25.0 Å². The highest BCUT2D eigenvalue weighted by atomic mass is 16.3. The fourth-order valence-corrected chi connectivity index (χ4v) is 1.94. The van der Waals surface area contributed by atoms with Crippen LogP contribution in [0.5, 0.6) is 0 Å². The molecule has 0 bridgehead atoms. The van der Waals surface area contributed by atoms with E-state index >= 15 is 0 Å². The molecule has 106 valence electrons. The van der Waals surface area contributed by atoms with Crippen LogP contribution in [0.3, 0.4) is 0 Å². The number of hydrogen-bond acceptors (Lipinski definition) is 4. The first-order chi connectivity index (χ1) is 9.66. The summed E-state index contributed by atoms with van der Waals surface area (Å²) in [6, 6.07) is 7.54. The summed E-state index contributed by atoms with van der Waals surface area (Å²) >= 11 is 0. The van der Waals surface area contributed by atoms with Crippen LogP contribution < -0.4 is 10.2 Å². The van der Waals surface area contributed by atoms with Crippen molar-refractivity contribution in [2.45, 2.75) is 19.4 Å². The third kappa shape index (κ3) is 3.85. The second-order valence-corrected chi connectivity index (χ2v) is 4.74. The molecule has 0 aromatic carbocycles. The molecule has 0 aliphatic carbocycles. The number of rotatable bonds is 6. The number of nitrogens with one attached hydrogen (secondary N) is 1. The van der Waals surface area contributed by atoms with Crippen molar-refractivity contribution in [2.75, 3.05) is 19.0 Å². The van der Waals surface area contributed by atoms with E-state index in [1.807, 2.05) is 43.3 Å². The Bertz CT molecular complexity index is 550. The average Bonchev–Trinajstić information content (AvgIpc) is 2.96. The van der Waals surface area contributed by atoms with E-state index in [1.165, 1.54) is 0 Å². The summed E-state index contributed by atoms with van der Waals surface area (Å²) in [6.45, 7) is 0.484. The lowest BCUT2D eigenvalue weighted by atomic mass is 10.2. The maximum absolute atomic E-state index is 11.8. The predicted octanol–water partition coefficient (Wildman–Crippen LogP) is 1.99. The summed E-state index contributed by atoms with van der Waals surface area (Å²) in [6.07, 6.45) is 4.40. The fraction of sp³-hybridized carbons (Fsp3) is 0.333. The lowest BCUT2D eigenvalue weighted by Gasteiger charge is -2.16. The molecule has 1 N–H and O–H groups in total. The van der Waals surface area contributed by atoms with E-state index in [0.717, 1.165) is 17.1 Å². The van der Waals surface area contributed by atoms with Crippen LogP contribution in [0.15, 0.2) is 41.1 Å². The summed E-state index contributed by atoms with van der Waals surface area (Å²) in [5.41, 5.74) is 1.00. The SMILES string of the molecule is CN(C)c1ncccc1CNC(=O)CCc1ccco1. The van der Waals surface area contributed by atoms with Gasteiger partial charge in [-0.15, -0.1) is 0 Å². The highest BCUT2D eigenvalue weighted by molar-refractivity contribution is 5.76. The molecule has 0 saturated heterocycles. The highest BCUT2D eigenvalue weighted by Gasteiger charge is 2.08. The van der Waals surface area contributed by atoms with E-state index in [2.05, 4.69) is 10.3 Å². The van der Waals surface area contributed by atoms with Gasteiger partial charge in [0.2, 0.25) is 5.91 Å². The number of carbonyl (C=O) groups excluding carboxylic acids is 1. The van der Waals surface area contributed by atoms with Crippen molar-refractivity contribution in [2.24, 2.45) is 0 Å². The predicted molar refractivity (Wildman–Crippen MR) is 77.4 cm³/mol. The lowest BCUT2D eigenvalue weighted by molar-refractivity contribution is -0.121. The van der Waals surface area contributed by atoms with Gasteiger partial charge in [0.1, 0.15) is 11.6 Å². The third-order valence-electron chi connectivity index (χ3n) is 2.95. The molecule has 2 heterocycles. The van der Waals surface area contributed by atoms with Crippen molar-refractivity contribution in [3.63, 3.8) is 0 Å². The van der Waals surface area contributed by atoms with Crippen LogP contribution in [0.25, 0.3) is 0 Å². The first-order valence-electron chi connectivity index (χ1n) is 6.57. The molecular formula is C15H19N3O2. The van der Waals surface area contributed by atoms with Crippen LogP contribution >= 0.6 is 0 Å². The molecule has 0 fully saturated rings. The van der Waals surface area contributed by atoms with Crippen LogP contribution in [0, 0.1) is 0 Å². The Balaban J connectivity index is 1.84. The van der Waals surface area contributed by atoms with Gasteiger partial charge in [0, 0.05) is 45.2 Å². The quantitative estimate of drug-likeness (QED) is 0.874. The molecule has 20 heavy (non-hydrogen) atoms. The highest BCUT2D eigenvalue weighted by Crippen LogP contribution is 2.13. The van der Waals surface area contributed by atoms with Crippen molar-refractivity contribution in [3.05, 3.63) is 48.0 Å². The van der Waals surface area contributed by atoms with Gasteiger partial charge in [0.25, 0.3) is 0 Å². The van der Waals surface area contributed by atoms with E-state index in [1.54, 1.807) is 12.5 Å². The van der Waals surface area contributed by atoms with E-state index in [-0.39, 0.29) is 5.91 Å². The first-order valence-corrected chi connectivity index (χ1v) is 6.57. The van der Waals surface area contributed by atoms with Gasteiger partial charge >= 0.3 is 0 Å². The molecule has 5 heteroatoms. The van der Waals surface area contributed by atoms with Gasteiger partial charge in [-0.05, 0) is 18.2 Å². The van der Waals surface area contributed by atoms with Gasteiger partial charge < -0.3 is 14.6 Å². The summed E-state index contributed by atoms with van der Waals surface area (Å²) in [7, 11) is 3.87. The molecular weight excluding hydrogens is 254 g/mol. The normalized spacial score (nSPS) is 10.3. The minimum atomic E-state index is 0.00922. The van der Waals surface area contributed by atoms with Crippen molar-refractivity contribution in [3.8, 4) is 0 Å². The van der Waals surface area contributed by atoms with Gasteiger partial charge in [-0.25, -0.2) is 4.98 Å². The zero-order valence-corrected chi connectivity index (χ0v) is 11.8. The number of aryl methyl sites for hydroxylation is 1. The molecule has 2 rings (SSSR count). The molecule has 0 radical (unpaired) electrons. The third-order valence-corrected chi connectivity index (χ3v) is 2.95. The Hall–Kier alpha value is -2.30. The summed E-state index contributed by atoms with van der Waals surface area (Å²) in [5.74, 6) is 1.71. The van der Waals surface area contributed by atoms with Gasteiger partial charge in [0.05, 0.1) is 6.26 Å². The van der Waals surface area contributed by atoms with E-state index in [0.29, 0.717) is 19.4 Å². The van der Waals surface area contributed by atoms with E-state index in [4.69, 9.17) is 4.42 Å². The molecule has 2 aromatic rings. The van der Waals surface area contributed by atoms with Crippen molar-refractivity contribution < 1.29 is 9.21 Å². The number of pyridine rings is 1. The molecule has 0 aliphatic heterocycles. The second kappa shape index (κ2) is 6.75. The van der Waals surface area contributed by atoms with Crippen LogP contribution in [0.1, 0.15) is 17.7 Å². The molecule has 1 amide bonds. The number of anilines is 1. The van der Waals surface area contributed by atoms with Crippen LogP contribution in [0.2, 0.25) is 0 Å². The number of amides is 1. The standard InChI is InChI=1S/C15H19N3O2/c1-18(2)15-12(5-3-9-16-15)11-17-14(19)8-7-13-6-4-10-20-13/h3-6,9-10H,7-8,11H2,1-2H3,(H,17,19). The van der Waals surface area contributed by atoms with E-state index < -0.39 is 0 Å².